The minimum absolute atomic E-state index is 0.0944. The highest BCUT2D eigenvalue weighted by Gasteiger charge is 2.28. The fourth-order valence-corrected chi connectivity index (χ4v) is 3.01. The summed E-state index contributed by atoms with van der Waals surface area (Å²) in [5, 5.41) is 0. The number of amides is 1. The standard InChI is InChI=1S/C16H23N5O2/c1-4-14-17-5-6-20(14)11-15(22)21-7-8-23-13(10-21)16-18-12(2)9-19(16)3/h5-6,9,13H,4,7-8,10-11H2,1-3H3. The first-order valence-corrected chi connectivity index (χ1v) is 7.97. The first-order chi connectivity index (χ1) is 11.1. The molecule has 7 heteroatoms. The van der Waals surface area contributed by atoms with E-state index in [1.54, 1.807) is 6.20 Å². The van der Waals surface area contributed by atoms with Gasteiger partial charge in [0.1, 0.15) is 24.3 Å². The van der Waals surface area contributed by atoms with Crippen molar-refractivity contribution >= 4 is 5.91 Å². The average molecular weight is 317 g/mol. The molecule has 0 spiro atoms. The van der Waals surface area contributed by atoms with E-state index < -0.39 is 0 Å². The molecule has 0 aromatic carbocycles. The van der Waals surface area contributed by atoms with Gasteiger partial charge in [-0.3, -0.25) is 4.79 Å². The molecule has 0 saturated carbocycles. The van der Waals surface area contributed by atoms with Gasteiger partial charge in [0.15, 0.2) is 0 Å². The average Bonchev–Trinajstić information content (AvgIpc) is 3.13. The highest BCUT2D eigenvalue weighted by Crippen LogP contribution is 2.21. The highest BCUT2D eigenvalue weighted by atomic mass is 16.5. The normalized spacial score (nSPS) is 18.4. The molecule has 0 N–H and O–H groups in total. The van der Waals surface area contributed by atoms with Crippen LogP contribution in [-0.4, -0.2) is 49.6 Å². The summed E-state index contributed by atoms with van der Waals surface area (Å²) < 4.78 is 9.71. The Kier molecular flexibility index (Phi) is 4.47. The molecule has 0 aliphatic carbocycles. The van der Waals surface area contributed by atoms with Crippen molar-refractivity contribution in [2.45, 2.75) is 32.9 Å². The third kappa shape index (κ3) is 3.29. The van der Waals surface area contributed by atoms with E-state index in [2.05, 4.69) is 9.97 Å². The number of hydrogen-bond acceptors (Lipinski definition) is 4. The molecule has 0 bridgehead atoms. The Morgan fingerprint density at radius 3 is 3.00 bits per heavy atom. The molecular weight excluding hydrogens is 294 g/mol. The van der Waals surface area contributed by atoms with Crippen molar-refractivity contribution in [3.63, 3.8) is 0 Å². The predicted molar refractivity (Wildman–Crippen MR) is 84.8 cm³/mol. The lowest BCUT2D eigenvalue weighted by Crippen LogP contribution is -2.44. The maximum atomic E-state index is 12.6. The van der Waals surface area contributed by atoms with E-state index in [0.29, 0.717) is 26.2 Å². The SMILES string of the molecule is CCc1nccn1CC(=O)N1CCOC(c2nc(C)cn2C)C1. The molecule has 1 unspecified atom stereocenters. The molecular formula is C16H23N5O2. The molecule has 1 aliphatic heterocycles. The van der Waals surface area contributed by atoms with Crippen LogP contribution >= 0.6 is 0 Å². The van der Waals surface area contributed by atoms with Crippen LogP contribution in [0.4, 0.5) is 0 Å². The van der Waals surface area contributed by atoms with Crippen molar-refractivity contribution in [2.24, 2.45) is 7.05 Å². The lowest BCUT2D eigenvalue weighted by atomic mass is 10.2. The van der Waals surface area contributed by atoms with Gasteiger partial charge in [-0.1, -0.05) is 6.92 Å². The van der Waals surface area contributed by atoms with E-state index >= 15 is 0 Å². The predicted octanol–water partition coefficient (Wildman–Crippen LogP) is 1.09. The number of carbonyl (C=O) groups excluding carboxylic acids is 1. The van der Waals surface area contributed by atoms with Gasteiger partial charge in [0.05, 0.1) is 18.8 Å². The Hall–Kier alpha value is -2.15. The lowest BCUT2D eigenvalue weighted by Gasteiger charge is -2.32. The van der Waals surface area contributed by atoms with Crippen molar-refractivity contribution < 1.29 is 9.53 Å². The van der Waals surface area contributed by atoms with Crippen LogP contribution in [0, 0.1) is 6.92 Å². The van der Waals surface area contributed by atoms with Crippen molar-refractivity contribution in [3.05, 3.63) is 35.9 Å². The van der Waals surface area contributed by atoms with Crippen molar-refractivity contribution in [2.75, 3.05) is 19.7 Å². The summed E-state index contributed by atoms with van der Waals surface area (Å²) in [4.78, 5) is 23.2. The molecule has 23 heavy (non-hydrogen) atoms. The van der Waals surface area contributed by atoms with Crippen molar-refractivity contribution in [1.82, 2.24) is 24.0 Å². The number of rotatable bonds is 4. The first-order valence-electron chi connectivity index (χ1n) is 7.97. The molecule has 1 saturated heterocycles. The van der Waals surface area contributed by atoms with E-state index in [4.69, 9.17) is 4.74 Å². The number of aryl methyl sites for hydroxylation is 3. The monoisotopic (exact) mass is 317 g/mol. The van der Waals surface area contributed by atoms with Crippen LogP contribution in [0.1, 0.15) is 30.4 Å². The number of aromatic nitrogens is 4. The second-order valence-electron chi connectivity index (χ2n) is 5.88. The minimum Gasteiger partial charge on any atom is -0.367 e. The number of ether oxygens (including phenoxy) is 1. The topological polar surface area (TPSA) is 65.2 Å². The summed E-state index contributed by atoms with van der Waals surface area (Å²) in [6.45, 7) is 6.02. The number of nitrogens with zero attached hydrogens (tertiary/aromatic N) is 5. The van der Waals surface area contributed by atoms with E-state index in [0.717, 1.165) is 23.8 Å². The molecule has 1 amide bonds. The fraction of sp³-hybridized carbons (Fsp3) is 0.562. The van der Waals surface area contributed by atoms with E-state index in [-0.39, 0.29) is 12.0 Å². The van der Waals surface area contributed by atoms with Gasteiger partial charge >= 0.3 is 0 Å². The largest absolute Gasteiger partial charge is 0.367 e. The molecule has 0 radical (unpaired) electrons. The maximum Gasteiger partial charge on any atom is 0.242 e. The summed E-state index contributed by atoms with van der Waals surface area (Å²) in [7, 11) is 1.96. The number of hydrogen-bond donors (Lipinski definition) is 0. The van der Waals surface area contributed by atoms with Crippen molar-refractivity contribution in [1.29, 1.82) is 0 Å². The van der Waals surface area contributed by atoms with Gasteiger partial charge in [0.25, 0.3) is 0 Å². The molecule has 7 nitrogen and oxygen atoms in total. The van der Waals surface area contributed by atoms with Gasteiger partial charge in [-0.15, -0.1) is 0 Å². The second-order valence-corrected chi connectivity index (χ2v) is 5.88. The summed E-state index contributed by atoms with van der Waals surface area (Å²) in [5.74, 6) is 1.90. The zero-order valence-electron chi connectivity index (χ0n) is 13.9. The van der Waals surface area contributed by atoms with Crippen LogP contribution in [0.3, 0.4) is 0 Å². The second kappa shape index (κ2) is 6.54. The molecule has 3 rings (SSSR count). The quantitative estimate of drug-likeness (QED) is 0.847. The number of carbonyl (C=O) groups is 1. The van der Waals surface area contributed by atoms with Crippen LogP contribution in [-0.2, 0) is 29.5 Å². The number of imidazole rings is 2. The third-order valence-corrected chi connectivity index (χ3v) is 4.16. The van der Waals surface area contributed by atoms with E-state index in [1.165, 1.54) is 0 Å². The van der Waals surface area contributed by atoms with Crippen LogP contribution in [0.15, 0.2) is 18.6 Å². The first kappa shape index (κ1) is 15.7. The van der Waals surface area contributed by atoms with Crippen LogP contribution < -0.4 is 0 Å². The van der Waals surface area contributed by atoms with Crippen LogP contribution in [0.2, 0.25) is 0 Å². The van der Waals surface area contributed by atoms with Gasteiger partial charge in [-0.25, -0.2) is 9.97 Å². The molecule has 124 valence electrons. The van der Waals surface area contributed by atoms with Gasteiger partial charge < -0.3 is 18.8 Å². The molecule has 1 fully saturated rings. The maximum absolute atomic E-state index is 12.6. The van der Waals surface area contributed by atoms with Gasteiger partial charge in [0.2, 0.25) is 5.91 Å². The zero-order valence-corrected chi connectivity index (χ0v) is 13.9. The lowest BCUT2D eigenvalue weighted by molar-refractivity contribution is -0.140. The smallest absolute Gasteiger partial charge is 0.242 e. The summed E-state index contributed by atoms with van der Waals surface area (Å²) in [6.07, 6.45) is 6.22. The van der Waals surface area contributed by atoms with E-state index in [9.17, 15) is 4.79 Å². The molecule has 1 atom stereocenters. The van der Waals surface area contributed by atoms with Crippen LogP contribution in [0.5, 0.6) is 0 Å². The Bertz CT molecular complexity index is 690. The molecule has 2 aromatic heterocycles. The molecule has 2 aromatic rings. The summed E-state index contributed by atoms with van der Waals surface area (Å²) in [6, 6.07) is 0. The van der Waals surface area contributed by atoms with Crippen LogP contribution in [0.25, 0.3) is 0 Å². The zero-order chi connectivity index (χ0) is 16.4. The fourth-order valence-electron chi connectivity index (χ4n) is 3.01. The Morgan fingerprint density at radius 2 is 2.30 bits per heavy atom. The number of morpholine rings is 1. The van der Waals surface area contributed by atoms with E-state index in [1.807, 2.05) is 47.3 Å². The highest BCUT2D eigenvalue weighted by molar-refractivity contribution is 5.76. The summed E-state index contributed by atoms with van der Waals surface area (Å²) in [5.41, 5.74) is 0.959. The van der Waals surface area contributed by atoms with Gasteiger partial charge in [-0.05, 0) is 6.92 Å². The minimum atomic E-state index is -0.167. The molecule has 3 heterocycles. The van der Waals surface area contributed by atoms with Gasteiger partial charge in [0, 0.05) is 38.6 Å². The van der Waals surface area contributed by atoms with Crippen molar-refractivity contribution in [3.8, 4) is 0 Å². The third-order valence-electron chi connectivity index (χ3n) is 4.16. The summed E-state index contributed by atoms with van der Waals surface area (Å²) >= 11 is 0. The molecule has 1 aliphatic rings. The Balaban J connectivity index is 1.68. The Labute approximate surface area is 135 Å². The van der Waals surface area contributed by atoms with Gasteiger partial charge in [-0.2, -0.15) is 0 Å². The Morgan fingerprint density at radius 1 is 1.48 bits per heavy atom.